The summed E-state index contributed by atoms with van der Waals surface area (Å²) in [5, 5.41) is 4.83. The molecule has 1 rings (SSSR count). The lowest BCUT2D eigenvalue weighted by Gasteiger charge is -2.31. The Morgan fingerprint density at radius 2 is 2.00 bits per heavy atom. The van der Waals surface area contributed by atoms with Gasteiger partial charge in [-0.3, -0.25) is 0 Å². The quantitative estimate of drug-likeness (QED) is 0.664. The fraction of sp³-hybridized carbons (Fsp3) is 1.00. The zero-order valence-electron chi connectivity index (χ0n) is 9.79. The molecule has 1 saturated heterocycles. The van der Waals surface area contributed by atoms with Crippen LogP contribution in [0.15, 0.2) is 0 Å². The Hall–Kier alpha value is -0.220. The first-order chi connectivity index (χ1) is 7.74. The molecule has 9 heteroatoms. The Morgan fingerprint density at radius 3 is 2.53 bits per heavy atom. The van der Waals surface area contributed by atoms with Crippen LogP contribution in [0.5, 0.6) is 0 Å². The van der Waals surface area contributed by atoms with E-state index in [9.17, 15) is 16.8 Å². The highest BCUT2D eigenvalue weighted by molar-refractivity contribution is 7.89. The van der Waals surface area contributed by atoms with E-state index in [1.54, 1.807) is 6.92 Å². The van der Waals surface area contributed by atoms with Gasteiger partial charge in [0.15, 0.2) is 0 Å². The minimum absolute atomic E-state index is 0.0107. The second-order valence-corrected chi connectivity index (χ2v) is 7.80. The van der Waals surface area contributed by atoms with Gasteiger partial charge in [0.1, 0.15) is 0 Å². The Bertz CT molecular complexity index is 445. The van der Waals surface area contributed by atoms with E-state index in [2.05, 4.69) is 4.72 Å². The van der Waals surface area contributed by atoms with Gasteiger partial charge < -0.3 is 0 Å². The van der Waals surface area contributed by atoms with Gasteiger partial charge in [0.2, 0.25) is 10.0 Å². The molecular weight excluding hydrogens is 266 g/mol. The maximum absolute atomic E-state index is 11.7. The molecule has 0 spiro atoms. The van der Waals surface area contributed by atoms with Crippen molar-refractivity contribution in [3.05, 3.63) is 0 Å². The van der Waals surface area contributed by atoms with Gasteiger partial charge in [-0.25, -0.2) is 22.6 Å². The van der Waals surface area contributed by atoms with Crippen molar-refractivity contribution in [3.63, 3.8) is 0 Å². The minimum atomic E-state index is -3.70. The van der Waals surface area contributed by atoms with Gasteiger partial charge in [0, 0.05) is 19.6 Å². The van der Waals surface area contributed by atoms with Gasteiger partial charge in [0.05, 0.1) is 5.75 Å². The summed E-state index contributed by atoms with van der Waals surface area (Å²) in [7, 11) is -6.88. The van der Waals surface area contributed by atoms with Crippen molar-refractivity contribution >= 4 is 20.2 Å². The largest absolute Gasteiger partial charge is 0.274 e. The Balaban J connectivity index is 2.56. The maximum Gasteiger partial charge on any atom is 0.274 e. The van der Waals surface area contributed by atoms with Crippen LogP contribution in [0.4, 0.5) is 0 Å². The molecule has 0 bridgehead atoms. The van der Waals surface area contributed by atoms with Gasteiger partial charge in [0.25, 0.3) is 10.2 Å². The zero-order chi connectivity index (χ0) is 13.1. The van der Waals surface area contributed by atoms with Gasteiger partial charge in [-0.05, 0) is 25.7 Å². The molecule has 0 radical (unpaired) electrons. The lowest BCUT2D eigenvalue weighted by molar-refractivity contribution is 0.267. The number of piperidine rings is 1. The van der Waals surface area contributed by atoms with Crippen LogP contribution in [0.2, 0.25) is 0 Å². The molecular formula is C8H19N3O4S2. The maximum atomic E-state index is 11.7. The van der Waals surface area contributed by atoms with Crippen molar-refractivity contribution in [2.75, 3.05) is 25.4 Å². The van der Waals surface area contributed by atoms with E-state index in [1.165, 1.54) is 4.31 Å². The lowest BCUT2D eigenvalue weighted by Crippen LogP contribution is -2.45. The van der Waals surface area contributed by atoms with Gasteiger partial charge >= 0.3 is 0 Å². The average molecular weight is 285 g/mol. The topological polar surface area (TPSA) is 110 Å². The summed E-state index contributed by atoms with van der Waals surface area (Å²) in [5.74, 6) is 0.0610. The fourth-order valence-electron chi connectivity index (χ4n) is 1.86. The molecule has 0 aromatic rings. The molecule has 0 aromatic carbocycles. The molecule has 0 aliphatic carbocycles. The number of hydrogen-bond donors (Lipinski definition) is 2. The third-order valence-electron chi connectivity index (χ3n) is 2.81. The Labute approximate surface area is 103 Å². The van der Waals surface area contributed by atoms with Crippen LogP contribution in [-0.2, 0) is 20.2 Å². The SMILES string of the molecule is CCS(=O)(=O)N1CCCC(CNS(N)(=O)=O)C1. The van der Waals surface area contributed by atoms with E-state index >= 15 is 0 Å². The van der Waals surface area contributed by atoms with Gasteiger partial charge in [-0.15, -0.1) is 0 Å². The first kappa shape index (κ1) is 14.8. The molecule has 1 unspecified atom stereocenters. The highest BCUT2D eigenvalue weighted by Gasteiger charge is 2.27. The standard InChI is InChI=1S/C8H19N3O4S2/c1-2-16(12,13)11-5-3-4-8(7-11)6-10-17(9,14)15/h8,10H,2-7H2,1H3,(H2,9,14,15). The van der Waals surface area contributed by atoms with E-state index in [-0.39, 0.29) is 18.2 Å². The van der Waals surface area contributed by atoms with Crippen LogP contribution in [0.25, 0.3) is 0 Å². The lowest BCUT2D eigenvalue weighted by atomic mass is 10.0. The summed E-state index contributed by atoms with van der Waals surface area (Å²) in [6, 6.07) is 0. The average Bonchev–Trinajstić information content (AvgIpc) is 2.26. The van der Waals surface area contributed by atoms with Crippen molar-refractivity contribution in [1.29, 1.82) is 0 Å². The first-order valence-electron chi connectivity index (χ1n) is 5.50. The highest BCUT2D eigenvalue weighted by Crippen LogP contribution is 2.18. The number of hydrogen-bond acceptors (Lipinski definition) is 4. The van der Waals surface area contributed by atoms with Crippen molar-refractivity contribution in [2.45, 2.75) is 19.8 Å². The van der Waals surface area contributed by atoms with E-state index in [0.717, 1.165) is 12.8 Å². The number of rotatable bonds is 5. The molecule has 0 amide bonds. The van der Waals surface area contributed by atoms with E-state index in [4.69, 9.17) is 5.14 Å². The molecule has 0 saturated carbocycles. The van der Waals surface area contributed by atoms with E-state index in [1.807, 2.05) is 0 Å². The van der Waals surface area contributed by atoms with E-state index < -0.39 is 20.2 Å². The van der Waals surface area contributed by atoms with Crippen LogP contribution in [0.3, 0.4) is 0 Å². The molecule has 1 heterocycles. The summed E-state index contributed by atoms with van der Waals surface area (Å²) in [4.78, 5) is 0. The number of nitrogens with two attached hydrogens (primary N) is 1. The summed E-state index contributed by atoms with van der Waals surface area (Å²) in [6.07, 6.45) is 1.55. The summed E-state index contributed by atoms with van der Waals surface area (Å²) < 4.78 is 48.4. The molecule has 17 heavy (non-hydrogen) atoms. The van der Waals surface area contributed by atoms with Crippen molar-refractivity contribution in [3.8, 4) is 0 Å². The minimum Gasteiger partial charge on any atom is -0.216 e. The van der Waals surface area contributed by atoms with Crippen LogP contribution >= 0.6 is 0 Å². The number of sulfonamides is 1. The summed E-state index contributed by atoms with van der Waals surface area (Å²) >= 11 is 0. The second-order valence-electron chi connectivity index (χ2n) is 4.16. The molecule has 1 aliphatic heterocycles. The molecule has 1 atom stereocenters. The molecule has 102 valence electrons. The zero-order valence-corrected chi connectivity index (χ0v) is 11.4. The van der Waals surface area contributed by atoms with Gasteiger partial charge in [-0.2, -0.15) is 8.42 Å². The Morgan fingerprint density at radius 1 is 1.35 bits per heavy atom. The number of nitrogens with one attached hydrogen (secondary N) is 1. The highest BCUT2D eigenvalue weighted by atomic mass is 32.2. The van der Waals surface area contributed by atoms with Crippen LogP contribution in [0, 0.1) is 5.92 Å². The molecule has 0 aromatic heterocycles. The smallest absolute Gasteiger partial charge is 0.216 e. The Kier molecular flexibility index (Phi) is 4.90. The van der Waals surface area contributed by atoms with Crippen LogP contribution < -0.4 is 9.86 Å². The molecule has 1 fully saturated rings. The van der Waals surface area contributed by atoms with Crippen molar-refractivity contribution in [1.82, 2.24) is 9.03 Å². The van der Waals surface area contributed by atoms with Crippen LogP contribution in [0.1, 0.15) is 19.8 Å². The van der Waals surface area contributed by atoms with Gasteiger partial charge in [-0.1, -0.05) is 0 Å². The fourth-order valence-corrected chi connectivity index (χ4v) is 3.54. The van der Waals surface area contributed by atoms with Crippen molar-refractivity contribution < 1.29 is 16.8 Å². The monoisotopic (exact) mass is 285 g/mol. The summed E-state index contributed by atoms with van der Waals surface area (Å²) in [6.45, 7) is 2.66. The number of nitrogens with zero attached hydrogens (tertiary/aromatic N) is 1. The summed E-state index contributed by atoms with van der Waals surface area (Å²) in [5.41, 5.74) is 0. The molecule has 1 aliphatic rings. The predicted molar refractivity (Wildman–Crippen MR) is 64.9 cm³/mol. The van der Waals surface area contributed by atoms with Crippen molar-refractivity contribution in [2.24, 2.45) is 11.1 Å². The van der Waals surface area contributed by atoms with E-state index in [0.29, 0.717) is 13.1 Å². The normalized spacial score (nSPS) is 23.8. The molecule has 3 N–H and O–H groups in total. The molecule has 7 nitrogen and oxygen atoms in total. The third-order valence-corrected chi connectivity index (χ3v) is 5.23. The van der Waals surface area contributed by atoms with Crippen LogP contribution in [-0.4, -0.2) is 46.5 Å². The third kappa shape index (κ3) is 4.88. The predicted octanol–water partition coefficient (Wildman–Crippen LogP) is -1.16. The first-order valence-corrected chi connectivity index (χ1v) is 8.65. The second kappa shape index (κ2) is 5.61.